The van der Waals surface area contributed by atoms with Crippen LogP contribution < -0.4 is 10.1 Å². The van der Waals surface area contributed by atoms with Crippen molar-refractivity contribution < 1.29 is 14.3 Å². The van der Waals surface area contributed by atoms with Crippen LogP contribution in [0.15, 0.2) is 24.5 Å². The summed E-state index contributed by atoms with van der Waals surface area (Å²) in [5.74, 6) is 0.361. The molecule has 138 valence electrons. The molecule has 0 atom stereocenters. The van der Waals surface area contributed by atoms with Crippen LogP contribution in [0.4, 0.5) is 5.69 Å². The lowest BCUT2D eigenvalue weighted by Gasteiger charge is -2.17. The highest BCUT2D eigenvalue weighted by molar-refractivity contribution is 5.93. The maximum absolute atomic E-state index is 12.2. The number of aromatic nitrogens is 3. The monoisotopic (exact) mass is 357 g/mol. The predicted molar refractivity (Wildman–Crippen MR) is 95.5 cm³/mol. The van der Waals surface area contributed by atoms with Crippen molar-refractivity contribution >= 4 is 17.5 Å². The molecule has 0 aromatic carbocycles. The summed E-state index contributed by atoms with van der Waals surface area (Å²) in [6.07, 6.45) is 5.34. The summed E-state index contributed by atoms with van der Waals surface area (Å²) in [7, 11) is 3.58. The van der Waals surface area contributed by atoms with Gasteiger partial charge in [-0.1, -0.05) is 0 Å². The number of amides is 2. The summed E-state index contributed by atoms with van der Waals surface area (Å²) >= 11 is 0. The summed E-state index contributed by atoms with van der Waals surface area (Å²) < 4.78 is 7.18. The molecule has 0 spiro atoms. The summed E-state index contributed by atoms with van der Waals surface area (Å²) in [6, 6.07) is 3.36. The number of nitrogens with zero attached hydrogens (tertiary/aromatic N) is 4. The van der Waals surface area contributed by atoms with Crippen LogP contribution >= 0.6 is 0 Å². The van der Waals surface area contributed by atoms with Crippen molar-refractivity contribution in [3.8, 4) is 5.88 Å². The van der Waals surface area contributed by atoms with Gasteiger partial charge in [-0.3, -0.25) is 14.3 Å². The quantitative estimate of drug-likeness (QED) is 0.811. The summed E-state index contributed by atoms with van der Waals surface area (Å²) in [5.41, 5.74) is 2.53. The highest BCUT2D eigenvalue weighted by atomic mass is 16.5. The van der Waals surface area contributed by atoms with Crippen molar-refractivity contribution in [2.45, 2.75) is 26.3 Å². The van der Waals surface area contributed by atoms with Crippen LogP contribution in [0.3, 0.4) is 0 Å². The smallest absolute Gasteiger partial charge is 0.260 e. The van der Waals surface area contributed by atoms with Gasteiger partial charge in [0.2, 0.25) is 11.8 Å². The van der Waals surface area contributed by atoms with Gasteiger partial charge in [-0.2, -0.15) is 5.10 Å². The van der Waals surface area contributed by atoms with E-state index in [1.807, 2.05) is 20.2 Å². The third-order valence-electron chi connectivity index (χ3n) is 4.24. The zero-order chi connectivity index (χ0) is 18.7. The Hall–Kier alpha value is -2.90. The summed E-state index contributed by atoms with van der Waals surface area (Å²) in [5, 5.41) is 7.08. The number of aryl methyl sites for hydroxylation is 2. The largest absolute Gasteiger partial charge is 0.468 e. The first kappa shape index (κ1) is 17.9. The van der Waals surface area contributed by atoms with E-state index in [0.29, 0.717) is 18.1 Å². The van der Waals surface area contributed by atoms with Crippen molar-refractivity contribution in [2.75, 3.05) is 19.0 Å². The van der Waals surface area contributed by atoms with Crippen LogP contribution in [-0.4, -0.2) is 45.1 Å². The fourth-order valence-electron chi connectivity index (χ4n) is 2.52. The standard InChI is InChI=1S/C18H23N5O3/c1-12-14(10-23(3)21-12)9-22(2)17(24)11-26-16-7-6-15(8-19-16)20-18(25)13-4-5-13/h6-8,10,13H,4-5,9,11H2,1-3H3,(H,20,25). The molecule has 2 aromatic heterocycles. The minimum absolute atomic E-state index is 0.0305. The molecule has 1 aliphatic carbocycles. The maximum atomic E-state index is 12.2. The number of hydrogen-bond donors (Lipinski definition) is 1. The second-order valence-corrected chi connectivity index (χ2v) is 6.60. The van der Waals surface area contributed by atoms with Crippen LogP contribution in [0.1, 0.15) is 24.1 Å². The first-order valence-electron chi connectivity index (χ1n) is 8.55. The van der Waals surface area contributed by atoms with Crippen molar-refractivity contribution in [2.24, 2.45) is 13.0 Å². The van der Waals surface area contributed by atoms with Crippen LogP contribution in [0.5, 0.6) is 5.88 Å². The number of carbonyl (C=O) groups is 2. The Morgan fingerprint density at radius 2 is 2.15 bits per heavy atom. The average Bonchev–Trinajstić information content (AvgIpc) is 3.40. The molecule has 0 bridgehead atoms. The maximum Gasteiger partial charge on any atom is 0.260 e. The molecule has 0 saturated heterocycles. The van der Waals surface area contributed by atoms with Gasteiger partial charge in [0.15, 0.2) is 6.61 Å². The van der Waals surface area contributed by atoms with Crippen molar-refractivity contribution in [3.63, 3.8) is 0 Å². The molecule has 2 amide bonds. The lowest BCUT2D eigenvalue weighted by molar-refractivity contribution is -0.132. The van der Waals surface area contributed by atoms with E-state index in [4.69, 9.17) is 4.74 Å². The van der Waals surface area contributed by atoms with E-state index in [1.54, 1.807) is 28.8 Å². The van der Waals surface area contributed by atoms with E-state index < -0.39 is 0 Å². The highest BCUT2D eigenvalue weighted by Gasteiger charge is 2.29. The number of anilines is 1. The Morgan fingerprint density at radius 3 is 2.73 bits per heavy atom. The van der Waals surface area contributed by atoms with Gasteiger partial charge in [-0.05, 0) is 25.8 Å². The Morgan fingerprint density at radius 1 is 1.38 bits per heavy atom. The van der Waals surface area contributed by atoms with E-state index in [9.17, 15) is 9.59 Å². The van der Waals surface area contributed by atoms with Gasteiger partial charge in [0.1, 0.15) is 0 Å². The molecular weight excluding hydrogens is 334 g/mol. The molecule has 26 heavy (non-hydrogen) atoms. The first-order chi connectivity index (χ1) is 12.4. The number of pyridine rings is 1. The average molecular weight is 357 g/mol. The van der Waals surface area contributed by atoms with Crippen molar-refractivity contribution in [1.82, 2.24) is 19.7 Å². The molecule has 8 nitrogen and oxygen atoms in total. The van der Waals surface area contributed by atoms with Gasteiger partial charge < -0.3 is 15.0 Å². The Kier molecular flexibility index (Phi) is 5.20. The molecule has 0 aliphatic heterocycles. The Bertz CT molecular complexity index is 796. The van der Waals surface area contributed by atoms with Crippen LogP contribution in [0, 0.1) is 12.8 Å². The third kappa shape index (κ3) is 4.59. The molecule has 1 aliphatic rings. The number of carbonyl (C=O) groups excluding carboxylic acids is 2. The van der Waals surface area contributed by atoms with E-state index in [1.165, 1.54) is 6.20 Å². The summed E-state index contributed by atoms with van der Waals surface area (Å²) in [6.45, 7) is 2.29. The van der Waals surface area contributed by atoms with Crippen LogP contribution in [0.2, 0.25) is 0 Å². The SMILES string of the molecule is Cc1nn(C)cc1CN(C)C(=O)COc1ccc(NC(=O)C2CC2)cn1. The second kappa shape index (κ2) is 7.55. The predicted octanol–water partition coefficient (Wildman–Crippen LogP) is 1.51. The molecule has 1 fully saturated rings. The first-order valence-corrected chi connectivity index (χ1v) is 8.55. The molecule has 8 heteroatoms. The molecule has 0 unspecified atom stereocenters. The number of hydrogen-bond acceptors (Lipinski definition) is 5. The molecular formula is C18H23N5O3. The van der Waals surface area contributed by atoms with E-state index in [2.05, 4.69) is 15.4 Å². The Labute approximate surface area is 152 Å². The zero-order valence-corrected chi connectivity index (χ0v) is 15.2. The van der Waals surface area contributed by atoms with E-state index >= 15 is 0 Å². The van der Waals surface area contributed by atoms with E-state index in [0.717, 1.165) is 24.1 Å². The lowest BCUT2D eigenvalue weighted by atomic mass is 10.2. The van der Waals surface area contributed by atoms with Gasteiger partial charge in [0.05, 0.1) is 17.6 Å². The minimum atomic E-state index is -0.152. The van der Waals surface area contributed by atoms with Gasteiger partial charge in [-0.25, -0.2) is 4.98 Å². The number of nitrogens with one attached hydrogen (secondary N) is 1. The molecule has 1 saturated carbocycles. The second-order valence-electron chi connectivity index (χ2n) is 6.60. The minimum Gasteiger partial charge on any atom is -0.468 e. The van der Waals surface area contributed by atoms with Crippen LogP contribution in [-0.2, 0) is 23.2 Å². The zero-order valence-electron chi connectivity index (χ0n) is 15.2. The van der Waals surface area contributed by atoms with Gasteiger partial charge in [0.25, 0.3) is 5.91 Å². The highest BCUT2D eigenvalue weighted by Crippen LogP contribution is 2.30. The molecule has 0 radical (unpaired) electrons. The van der Waals surface area contributed by atoms with Gasteiger partial charge in [0, 0.05) is 44.4 Å². The number of ether oxygens (including phenoxy) is 1. The van der Waals surface area contributed by atoms with Crippen molar-refractivity contribution in [3.05, 3.63) is 35.8 Å². The van der Waals surface area contributed by atoms with Crippen molar-refractivity contribution in [1.29, 1.82) is 0 Å². The molecule has 1 N–H and O–H groups in total. The van der Waals surface area contributed by atoms with Crippen LogP contribution in [0.25, 0.3) is 0 Å². The fourth-order valence-corrected chi connectivity index (χ4v) is 2.52. The third-order valence-corrected chi connectivity index (χ3v) is 4.24. The van der Waals surface area contributed by atoms with E-state index in [-0.39, 0.29) is 24.3 Å². The Balaban J connectivity index is 1.47. The van der Waals surface area contributed by atoms with Gasteiger partial charge in [-0.15, -0.1) is 0 Å². The molecule has 2 aromatic rings. The molecule has 2 heterocycles. The lowest BCUT2D eigenvalue weighted by Crippen LogP contribution is -2.31. The normalized spacial score (nSPS) is 13.3. The number of likely N-dealkylation sites (N-methyl/N-ethyl adjacent to an activating group) is 1. The number of rotatable bonds is 7. The molecule has 3 rings (SSSR count). The van der Waals surface area contributed by atoms with Gasteiger partial charge >= 0.3 is 0 Å². The summed E-state index contributed by atoms with van der Waals surface area (Å²) in [4.78, 5) is 29.6. The topological polar surface area (TPSA) is 89.4 Å². The fraction of sp³-hybridized carbons (Fsp3) is 0.444.